The Morgan fingerprint density at radius 3 is 2.80 bits per heavy atom. The zero-order chi connectivity index (χ0) is 11.3. The number of carbonyl (C=O) groups excluding carboxylic acids is 1. The zero-order valence-corrected chi connectivity index (χ0v) is 8.49. The molecule has 0 aliphatic rings. The van der Waals surface area contributed by atoms with Crippen molar-refractivity contribution in [2.45, 2.75) is 12.8 Å². The van der Waals surface area contributed by atoms with Crippen LogP contribution in [0.2, 0.25) is 5.02 Å². The van der Waals surface area contributed by atoms with Crippen LogP contribution in [-0.4, -0.2) is 22.0 Å². The minimum Gasteiger partial charge on any atom is -0.481 e. The molecule has 0 aromatic carbocycles. The molecule has 1 aromatic heterocycles. The number of carboxylic acid groups (broad SMARTS) is 1. The van der Waals surface area contributed by atoms with E-state index in [1.54, 1.807) is 6.07 Å². The number of pyridine rings is 1. The molecule has 1 amide bonds. The van der Waals surface area contributed by atoms with Gasteiger partial charge in [0.2, 0.25) is 5.91 Å². The van der Waals surface area contributed by atoms with E-state index in [4.69, 9.17) is 16.7 Å². The van der Waals surface area contributed by atoms with Gasteiger partial charge in [-0.25, -0.2) is 4.98 Å². The summed E-state index contributed by atoms with van der Waals surface area (Å²) >= 11 is 5.67. The van der Waals surface area contributed by atoms with Crippen LogP contribution in [0, 0.1) is 0 Å². The normalized spacial score (nSPS) is 9.67. The Hall–Kier alpha value is -1.62. The molecule has 0 saturated heterocycles. The van der Waals surface area contributed by atoms with Crippen LogP contribution in [0.15, 0.2) is 18.3 Å². The number of aliphatic carboxylic acids is 1. The van der Waals surface area contributed by atoms with E-state index in [2.05, 4.69) is 10.3 Å². The monoisotopic (exact) mass is 228 g/mol. The lowest BCUT2D eigenvalue weighted by Gasteiger charge is -2.02. The number of aromatic nitrogens is 1. The van der Waals surface area contributed by atoms with Gasteiger partial charge in [-0.15, -0.1) is 0 Å². The first kappa shape index (κ1) is 11.5. The van der Waals surface area contributed by atoms with Crippen LogP contribution in [0.3, 0.4) is 0 Å². The quantitative estimate of drug-likeness (QED) is 0.819. The number of nitrogens with one attached hydrogen (secondary N) is 1. The van der Waals surface area contributed by atoms with E-state index < -0.39 is 11.9 Å². The number of carbonyl (C=O) groups is 2. The Balaban J connectivity index is 2.48. The molecule has 0 aliphatic carbocycles. The number of amides is 1. The Morgan fingerprint density at radius 1 is 1.47 bits per heavy atom. The average molecular weight is 229 g/mol. The minimum atomic E-state index is -1.01. The van der Waals surface area contributed by atoms with Crippen molar-refractivity contribution in [1.29, 1.82) is 0 Å². The number of hydrogen-bond donors (Lipinski definition) is 2. The van der Waals surface area contributed by atoms with Gasteiger partial charge < -0.3 is 10.4 Å². The van der Waals surface area contributed by atoms with Gasteiger partial charge >= 0.3 is 5.97 Å². The van der Waals surface area contributed by atoms with Crippen LogP contribution in [0.4, 0.5) is 5.82 Å². The van der Waals surface area contributed by atoms with Crippen molar-refractivity contribution in [1.82, 2.24) is 4.98 Å². The van der Waals surface area contributed by atoms with Gasteiger partial charge in [0.1, 0.15) is 5.82 Å². The molecule has 2 N–H and O–H groups in total. The highest BCUT2D eigenvalue weighted by atomic mass is 35.5. The smallest absolute Gasteiger partial charge is 0.303 e. The maximum absolute atomic E-state index is 11.2. The van der Waals surface area contributed by atoms with Crippen LogP contribution in [-0.2, 0) is 9.59 Å². The van der Waals surface area contributed by atoms with Crippen molar-refractivity contribution in [3.63, 3.8) is 0 Å². The number of hydrogen-bond acceptors (Lipinski definition) is 3. The second-order valence-corrected chi connectivity index (χ2v) is 3.24. The average Bonchev–Trinajstić information content (AvgIpc) is 2.15. The number of rotatable bonds is 4. The van der Waals surface area contributed by atoms with E-state index in [0.717, 1.165) is 0 Å². The van der Waals surface area contributed by atoms with E-state index >= 15 is 0 Å². The number of halogens is 1. The second-order valence-electron chi connectivity index (χ2n) is 2.80. The molecule has 1 rings (SSSR count). The van der Waals surface area contributed by atoms with E-state index in [1.807, 2.05) is 0 Å². The molecule has 0 radical (unpaired) electrons. The molecule has 5 nitrogen and oxygen atoms in total. The standard InChI is InChI=1S/C9H9ClN2O3/c10-6-3-4-11-7(5-6)12-8(13)1-2-9(14)15/h3-5H,1-2H2,(H,14,15)(H,11,12,13). The summed E-state index contributed by atoms with van der Waals surface area (Å²) in [7, 11) is 0. The van der Waals surface area contributed by atoms with E-state index in [9.17, 15) is 9.59 Å². The van der Waals surface area contributed by atoms with Crippen LogP contribution < -0.4 is 5.32 Å². The maximum atomic E-state index is 11.2. The first-order valence-electron chi connectivity index (χ1n) is 4.21. The number of nitrogens with zero attached hydrogens (tertiary/aromatic N) is 1. The molecular formula is C9H9ClN2O3. The molecule has 0 aliphatic heterocycles. The lowest BCUT2D eigenvalue weighted by atomic mass is 10.3. The fourth-order valence-electron chi connectivity index (χ4n) is 0.899. The summed E-state index contributed by atoms with van der Waals surface area (Å²) in [5.41, 5.74) is 0. The van der Waals surface area contributed by atoms with E-state index in [1.165, 1.54) is 12.3 Å². The molecule has 0 fully saturated rings. The fraction of sp³-hybridized carbons (Fsp3) is 0.222. The van der Waals surface area contributed by atoms with Gasteiger partial charge in [0.15, 0.2) is 0 Å². The molecule has 0 atom stereocenters. The van der Waals surface area contributed by atoms with E-state index in [-0.39, 0.29) is 12.8 Å². The molecular weight excluding hydrogens is 220 g/mol. The predicted octanol–water partition coefficient (Wildman–Crippen LogP) is 1.54. The van der Waals surface area contributed by atoms with Crippen molar-refractivity contribution < 1.29 is 14.7 Å². The van der Waals surface area contributed by atoms with Crippen molar-refractivity contribution in [2.24, 2.45) is 0 Å². The molecule has 80 valence electrons. The molecule has 1 aromatic rings. The number of carboxylic acids is 1. The van der Waals surface area contributed by atoms with Crippen LogP contribution in [0.1, 0.15) is 12.8 Å². The summed E-state index contributed by atoms with van der Waals surface area (Å²) in [6.45, 7) is 0. The Kier molecular flexibility index (Phi) is 4.05. The summed E-state index contributed by atoms with van der Waals surface area (Å²) in [6.07, 6.45) is 1.17. The predicted molar refractivity (Wildman–Crippen MR) is 54.7 cm³/mol. The third-order valence-corrected chi connectivity index (χ3v) is 1.79. The third-order valence-electron chi connectivity index (χ3n) is 1.56. The second kappa shape index (κ2) is 5.31. The van der Waals surface area contributed by atoms with Gasteiger partial charge in [0.25, 0.3) is 0 Å². The maximum Gasteiger partial charge on any atom is 0.303 e. The first-order valence-corrected chi connectivity index (χ1v) is 4.59. The Morgan fingerprint density at radius 2 is 2.20 bits per heavy atom. The lowest BCUT2D eigenvalue weighted by molar-refractivity contribution is -0.138. The van der Waals surface area contributed by atoms with Crippen molar-refractivity contribution in [2.75, 3.05) is 5.32 Å². The first-order chi connectivity index (χ1) is 7.08. The molecule has 1 heterocycles. The highest BCUT2D eigenvalue weighted by Gasteiger charge is 2.06. The SMILES string of the molecule is O=C(O)CCC(=O)Nc1cc(Cl)ccn1. The highest BCUT2D eigenvalue weighted by Crippen LogP contribution is 2.11. The zero-order valence-electron chi connectivity index (χ0n) is 7.74. The summed E-state index contributed by atoms with van der Waals surface area (Å²) in [4.78, 5) is 25.2. The van der Waals surface area contributed by atoms with E-state index in [0.29, 0.717) is 10.8 Å². The summed E-state index contributed by atoms with van der Waals surface area (Å²) in [5, 5.41) is 11.3. The largest absolute Gasteiger partial charge is 0.481 e. The van der Waals surface area contributed by atoms with Crippen molar-refractivity contribution >= 4 is 29.3 Å². The van der Waals surface area contributed by atoms with Crippen LogP contribution in [0.25, 0.3) is 0 Å². The Labute approximate surface area is 91.1 Å². The molecule has 0 unspecified atom stereocenters. The molecule has 15 heavy (non-hydrogen) atoms. The summed E-state index contributed by atoms with van der Waals surface area (Å²) < 4.78 is 0. The van der Waals surface area contributed by atoms with Gasteiger partial charge in [-0.3, -0.25) is 9.59 Å². The molecule has 0 saturated carbocycles. The molecule has 0 spiro atoms. The van der Waals surface area contributed by atoms with Gasteiger partial charge in [-0.1, -0.05) is 11.6 Å². The number of anilines is 1. The fourth-order valence-corrected chi connectivity index (χ4v) is 1.06. The molecule has 0 bridgehead atoms. The van der Waals surface area contributed by atoms with Gasteiger partial charge in [-0.05, 0) is 12.1 Å². The van der Waals surface area contributed by atoms with Gasteiger partial charge in [0, 0.05) is 17.6 Å². The topological polar surface area (TPSA) is 79.3 Å². The minimum absolute atomic E-state index is 0.0798. The van der Waals surface area contributed by atoms with Crippen molar-refractivity contribution in [3.8, 4) is 0 Å². The summed E-state index contributed by atoms with van der Waals surface area (Å²) in [5.74, 6) is -1.09. The molecule has 6 heteroatoms. The lowest BCUT2D eigenvalue weighted by Crippen LogP contribution is -2.13. The van der Waals surface area contributed by atoms with Gasteiger partial charge in [-0.2, -0.15) is 0 Å². The van der Waals surface area contributed by atoms with Crippen LogP contribution >= 0.6 is 11.6 Å². The highest BCUT2D eigenvalue weighted by molar-refractivity contribution is 6.30. The Bertz CT molecular complexity index is 381. The van der Waals surface area contributed by atoms with Crippen molar-refractivity contribution in [3.05, 3.63) is 23.4 Å². The summed E-state index contributed by atoms with van der Waals surface area (Å²) in [6, 6.07) is 3.06. The third kappa shape index (κ3) is 4.42. The van der Waals surface area contributed by atoms with Crippen LogP contribution in [0.5, 0.6) is 0 Å². The van der Waals surface area contributed by atoms with Gasteiger partial charge in [0.05, 0.1) is 6.42 Å².